The van der Waals surface area contributed by atoms with Gasteiger partial charge in [0.25, 0.3) is 5.56 Å². The summed E-state index contributed by atoms with van der Waals surface area (Å²) in [6, 6.07) is 17.2. The number of rotatable bonds is 4. The first-order valence-electron chi connectivity index (χ1n) is 8.45. The van der Waals surface area contributed by atoms with Crippen LogP contribution in [0, 0.1) is 0 Å². The summed E-state index contributed by atoms with van der Waals surface area (Å²) in [6.45, 7) is 0.356. The van der Waals surface area contributed by atoms with Crippen molar-refractivity contribution < 1.29 is 5.11 Å². The van der Waals surface area contributed by atoms with Crippen LogP contribution in [-0.2, 0) is 13.0 Å². The molecule has 0 radical (unpaired) electrons. The quantitative estimate of drug-likeness (QED) is 0.743. The second kappa shape index (κ2) is 6.94. The fourth-order valence-electron chi connectivity index (χ4n) is 3.35. The van der Waals surface area contributed by atoms with Crippen LogP contribution in [0.2, 0.25) is 5.02 Å². The summed E-state index contributed by atoms with van der Waals surface area (Å²) in [4.78, 5) is 12.6. The highest BCUT2D eigenvalue weighted by Gasteiger charge is 2.31. The number of hydrogen-bond donors (Lipinski definition) is 2. The highest BCUT2D eigenvalue weighted by atomic mass is 35.5. The molecule has 26 heavy (non-hydrogen) atoms. The molecular formula is C20H18ClN3O2. The van der Waals surface area contributed by atoms with Crippen LogP contribution in [0.4, 0.5) is 5.69 Å². The summed E-state index contributed by atoms with van der Waals surface area (Å²) in [6.07, 6.45) is 1.54. The van der Waals surface area contributed by atoms with Crippen molar-refractivity contribution in [3.8, 4) is 0 Å². The average molecular weight is 368 g/mol. The summed E-state index contributed by atoms with van der Waals surface area (Å²) < 4.78 is 1.34. The molecule has 3 aromatic rings. The number of aliphatic hydroxyl groups is 1. The number of hydrogen-bond acceptors (Lipinski definition) is 4. The van der Waals surface area contributed by atoms with Gasteiger partial charge in [-0.3, -0.25) is 4.79 Å². The number of aromatic nitrogens is 2. The van der Waals surface area contributed by atoms with Gasteiger partial charge in [-0.05, 0) is 16.7 Å². The lowest BCUT2D eigenvalue weighted by Gasteiger charge is -2.20. The molecule has 0 unspecified atom stereocenters. The Labute approximate surface area is 155 Å². The molecule has 4 rings (SSSR count). The third-order valence-corrected chi connectivity index (χ3v) is 5.04. The lowest BCUT2D eigenvalue weighted by atomic mass is 10.1. The molecule has 5 nitrogen and oxygen atoms in total. The molecule has 0 saturated heterocycles. The van der Waals surface area contributed by atoms with Gasteiger partial charge >= 0.3 is 0 Å². The van der Waals surface area contributed by atoms with Crippen LogP contribution >= 0.6 is 11.6 Å². The van der Waals surface area contributed by atoms with Crippen LogP contribution in [0.15, 0.2) is 65.6 Å². The van der Waals surface area contributed by atoms with Crippen molar-refractivity contribution in [2.24, 2.45) is 0 Å². The molecule has 0 spiro atoms. The Morgan fingerprint density at radius 3 is 2.69 bits per heavy atom. The topological polar surface area (TPSA) is 67.2 Å². The number of anilines is 1. The van der Waals surface area contributed by atoms with Crippen LogP contribution in [0.1, 0.15) is 22.7 Å². The van der Waals surface area contributed by atoms with E-state index in [2.05, 4.69) is 10.4 Å². The Morgan fingerprint density at radius 2 is 1.88 bits per heavy atom. The van der Waals surface area contributed by atoms with Crippen LogP contribution in [0.25, 0.3) is 0 Å². The van der Waals surface area contributed by atoms with E-state index in [0.717, 1.165) is 16.7 Å². The van der Waals surface area contributed by atoms with Crippen LogP contribution in [0.3, 0.4) is 0 Å². The van der Waals surface area contributed by atoms with Gasteiger partial charge in [0.2, 0.25) is 0 Å². The van der Waals surface area contributed by atoms with E-state index in [4.69, 9.17) is 11.6 Å². The van der Waals surface area contributed by atoms with E-state index in [0.29, 0.717) is 18.7 Å². The smallest absolute Gasteiger partial charge is 0.287 e. The molecule has 1 aromatic heterocycles. The molecule has 0 saturated carbocycles. The van der Waals surface area contributed by atoms with Crippen molar-refractivity contribution in [1.82, 2.24) is 9.78 Å². The number of benzene rings is 2. The van der Waals surface area contributed by atoms with Crippen molar-refractivity contribution >= 4 is 17.3 Å². The zero-order valence-corrected chi connectivity index (χ0v) is 14.7. The van der Waals surface area contributed by atoms with E-state index in [9.17, 15) is 9.90 Å². The van der Waals surface area contributed by atoms with Crippen molar-refractivity contribution in [3.63, 3.8) is 0 Å². The second-order valence-electron chi connectivity index (χ2n) is 6.41. The van der Waals surface area contributed by atoms with Crippen LogP contribution in [-0.4, -0.2) is 21.0 Å². The van der Waals surface area contributed by atoms with Crippen molar-refractivity contribution in [3.05, 3.63) is 92.9 Å². The molecule has 1 heterocycles. The first-order chi connectivity index (χ1) is 12.6. The average Bonchev–Trinajstić information content (AvgIpc) is 2.97. The first kappa shape index (κ1) is 16.8. The maximum atomic E-state index is 12.6. The van der Waals surface area contributed by atoms with E-state index in [1.807, 2.05) is 54.6 Å². The summed E-state index contributed by atoms with van der Waals surface area (Å²) >= 11 is 6.30. The third kappa shape index (κ3) is 3.11. The normalized spacial score (nSPS) is 18.5. The monoisotopic (exact) mass is 367 g/mol. The standard InChI is InChI=1S/C20H18ClN3O2/c21-18-16(23-19-15-9-5-4-8-14(15)10-17(19)25)11-22-24(20(18)26)12-13-6-2-1-3-7-13/h1-9,11,17,19,23,25H,10,12H2/t17-,19+/m1/s1. The predicted octanol–water partition coefficient (Wildman–Crippen LogP) is 3.02. The van der Waals surface area contributed by atoms with Gasteiger partial charge in [-0.2, -0.15) is 5.10 Å². The number of aliphatic hydroxyl groups excluding tert-OH is 1. The van der Waals surface area contributed by atoms with E-state index >= 15 is 0 Å². The van der Waals surface area contributed by atoms with Gasteiger partial charge in [-0.1, -0.05) is 66.2 Å². The second-order valence-corrected chi connectivity index (χ2v) is 6.79. The zero-order valence-electron chi connectivity index (χ0n) is 14.0. The third-order valence-electron chi connectivity index (χ3n) is 4.68. The summed E-state index contributed by atoms with van der Waals surface area (Å²) in [5.41, 5.74) is 3.16. The summed E-state index contributed by atoms with van der Waals surface area (Å²) in [7, 11) is 0. The zero-order chi connectivity index (χ0) is 18.1. The van der Waals surface area contributed by atoms with Gasteiger partial charge in [0.05, 0.1) is 30.6 Å². The van der Waals surface area contributed by atoms with E-state index in [1.54, 1.807) is 6.20 Å². The molecule has 1 aliphatic rings. The van der Waals surface area contributed by atoms with Gasteiger partial charge in [0, 0.05) is 6.42 Å². The molecule has 2 atom stereocenters. The fourth-order valence-corrected chi connectivity index (χ4v) is 3.55. The van der Waals surface area contributed by atoms with Gasteiger partial charge in [0.1, 0.15) is 5.02 Å². The molecule has 0 amide bonds. The lowest BCUT2D eigenvalue weighted by molar-refractivity contribution is 0.166. The Kier molecular flexibility index (Phi) is 4.49. The molecular weight excluding hydrogens is 350 g/mol. The fraction of sp³-hybridized carbons (Fsp3) is 0.200. The molecule has 2 N–H and O–H groups in total. The number of nitrogens with one attached hydrogen (secondary N) is 1. The Balaban J connectivity index is 1.61. The van der Waals surface area contributed by atoms with Crippen molar-refractivity contribution in [2.45, 2.75) is 25.1 Å². The van der Waals surface area contributed by atoms with Gasteiger partial charge < -0.3 is 10.4 Å². The van der Waals surface area contributed by atoms with Gasteiger partial charge in [0.15, 0.2) is 0 Å². The Hall–Kier alpha value is -2.63. The molecule has 1 aliphatic carbocycles. The highest BCUT2D eigenvalue weighted by molar-refractivity contribution is 6.32. The molecule has 2 aromatic carbocycles. The Morgan fingerprint density at radius 1 is 1.15 bits per heavy atom. The van der Waals surface area contributed by atoms with Gasteiger partial charge in [-0.15, -0.1) is 0 Å². The maximum absolute atomic E-state index is 12.6. The largest absolute Gasteiger partial charge is 0.390 e. The molecule has 6 heteroatoms. The summed E-state index contributed by atoms with van der Waals surface area (Å²) in [5, 5.41) is 17.9. The van der Waals surface area contributed by atoms with Crippen LogP contribution in [0.5, 0.6) is 0 Å². The van der Waals surface area contributed by atoms with E-state index < -0.39 is 6.10 Å². The number of halogens is 1. The van der Waals surface area contributed by atoms with Crippen molar-refractivity contribution in [2.75, 3.05) is 5.32 Å². The minimum Gasteiger partial charge on any atom is -0.390 e. The van der Waals surface area contributed by atoms with Crippen LogP contribution < -0.4 is 10.9 Å². The summed E-state index contributed by atoms with van der Waals surface area (Å²) in [5.74, 6) is 0. The lowest BCUT2D eigenvalue weighted by Crippen LogP contribution is -2.27. The number of nitrogens with zero attached hydrogens (tertiary/aromatic N) is 2. The first-order valence-corrected chi connectivity index (χ1v) is 8.83. The minimum atomic E-state index is -0.574. The molecule has 132 valence electrons. The van der Waals surface area contributed by atoms with E-state index in [1.165, 1.54) is 4.68 Å². The highest BCUT2D eigenvalue weighted by Crippen LogP contribution is 2.34. The molecule has 0 bridgehead atoms. The van der Waals surface area contributed by atoms with E-state index in [-0.39, 0.29) is 16.6 Å². The SMILES string of the molecule is O=c1c(Cl)c(N[C@H]2c3ccccc3C[C@H]2O)cnn1Cc1ccccc1. The molecule has 0 fully saturated rings. The Bertz CT molecular complexity index is 988. The maximum Gasteiger partial charge on any atom is 0.287 e. The molecule has 0 aliphatic heterocycles. The number of fused-ring (bicyclic) bond motifs is 1. The van der Waals surface area contributed by atoms with Crippen molar-refractivity contribution in [1.29, 1.82) is 0 Å². The predicted molar refractivity (Wildman–Crippen MR) is 102 cm³/mol. The minimum absolute atomic E-state index is 0.0764. The van der Waals surface area contributed by atoms with Gasteiger partial charge in [-0.25, -0.2) is 4.68 Å².